The van der Waals surface area contributed by atoms with Gasteiger partial charge in [0.2, 0.25) is 0 Å². The van der Waals surface area contributed by atoms with Crippen molar-refractivity contribution >= 4 is 17.9 Å². The largest absolute Gasteiger partial charge is 0.462 e. The molecule has 0 aliphatic rings. The van der Waals surface area contributed by atoms with Gasteiger partial charge >= 0.3 is 17.9 Å². The summed E-state index contributed by atoms with van der Waals surface area (Å²) < 4.78 is 16.8. The Kier molecular flexibility index (Phi) is 48.4. The Labute approximate surface area is 383 Å². The lowest BCUT2D eigenvalue weighted by Crippen LogP contribution is -2.30. The van der Waals surface area contributed by atoms with Crippen LogP contribution in [0.1, 0.15) is 258 Å². The fraction of sp³-hybridized carbons (Fsp3) is 0.768. The lowest BCUT2D eigenvalue weighted by atomic mass is 10.1. The van der Waals surface area contributed by atoms with E-state index in [1.54, 1.807) is 0 Å². The molecule has 0 aliphatic carbocycles. The average Bonchev–Trinajstić information content (AvgIpc) is 3.27. The summed E-state index contributed by atoms with van der Waals surface area (Å²) in [7, 11) is 0. The van der Waals surface area contributed by atoms with Crippen molar-refractivity contribution in [3.63, 3.8) is 0 Å². The van der Waals surface area contributed by atoms with Gasteiger partial charge in [-0.15, -0.1) is 0 Å². The minimum absolute atomic E-state index is 0.0862. The van der Waals surface area contributed by atoms with Crippen LogP contribution in [0.2, 0.25) is 0 Å². The van der Waals surface area contributed by atoms with Crippen LogP contribution in [0.15, 0.2) is 60.8 Å². The summed E-state index contributed by atoms with van der Waals surface area (Å²) in [5, 5.41) is 0. The number of rotatable bonds is 47. The third-order valence-electron chi connectivity index (χ3n) is 11.2. The lowest BCUT2D eigenvalue weighted by Gasteiger charge is -2.18. The van der Waals surface area contributed by atoms with Gasteiger partial charge in [-0.2, -0.15) is 0 Å². The van der Waals surface area contributed by atoms with Crippen molar-refractivity contribution in [2.75, 3.05) is 13.2 Å². The topological polar surface area (TPSA) is 78.9 Å². The highest BCUT2D eigenvalue weighted by molar-refractivity contribution is 5.71. The zero-order chi connectivity index (χ0) is 45.1. The molecule has 0 saturated carbocycles. The van der Waals surface area contributed by atoms with Crippen LogP contribution in [0.5, 0.6) is 0 Å². The molecule has 0 heterocycles. The van der Waals surface area contributed by atoms with E-state index in [1.807, 2.05) is 0 Å². The van der Waals surface area contributed by atoms with Gasteiger partial charge in [0.1, 0.15) is 13.2 Å². The van der Waals surface area contributed by atoms with E-state index in [4.69, 9.17) is 14.2 Å². The smallest absolute Gasteiger partial charge is 0.306 e. The Morgan fingerprint density at radius 3 is 0.968 bits per heavy atom. The summed E-state index contributed by atoms with van der Waals surface area (Å²) >= 11 is 0. The summed E-state index contributed by atoms with van der Waals surface area (Å²) in [5.74, 6) is -0.924. The van der Waals surface area contributed by atoms with Crippen molar-refractivity contribution in [2.24, 2.45) is 0 Å². The Balaban J connectivity index is 4.41. The molecular weight excluding hydrogens is 769 g/mol. The van der Waals surface area contributed by atoms with E-state index in [9.17, 15) is 14.4 Å². The quantitative estimate of drug-likeness (QED) is 0.0262. The van der Waals surface area contributed by atoms with Crippen LogP contribution in [-0.2, 0) is 28.6 Å². The molecule has 0 unspecified atom stereocenters. The van der Waals surface area contributed by atoms with Gasteiger partial charge in [0.15, 0.2) is 6.10 Å². The van der Waals surface area contributed by atoms with Crippen LogP contribution in [0.4, 0.5) is 0 Å². The number of esters is 3. The van der Waals surface area contributed by atoms with Crippen LogP contribution < -0.4 is 0 Å². The van der Waals surface area contributed by atoms with Crippen LogP contribution in [0, 0.1) is 0 Å². The summed E-state index contributed by atoms with van der Waals surface area (Å²) in [5.41, 5.74) is 0. The van der Waals surface area contributed by atoms with Gasteiger partial charge in [-0.1, -0.05) is 210 Å². The zero-order valence-corrected chi connectivity index (χ0v) is 40.9. The van der Waals surface area contributed by atoms with Crippen molar-refractivity contribution in [1.82, 2.24) is 0 Å². The first kappa shape index (κ1) is 59.1. The molecule has 0 fully saturated rings. The molecule has 0 radical (unpaired) electrons. The molecule has 0 aromatic rings. The molecule has 62 heavy (non-hydrogen) atoms. The second kappa shape index (κ2) is 50.8. The van der Waals surface area contributed by atoms with E-state index < -0.39 is 6.10 Å². The predicted octanol–water partition coefficient (Wildman–Crippen LogP) is 17.3. The molecule has 0 aliphatic heterocycles. The highest BCUT2D eigenvalue weighted by Gasteiger charge is 2.19. The van der Waals surface area contributed by atoms with Crippen LogP contribution >= 0.6 is 0 Å². The van der Waals surface area contributed by atoms with Gasteiger partial charge in [0, 0.05) is 19.3 Å². The van der Waals surface area contributed by atoms with E-state index in [1.165, 1.54) is 122 Å². The zero-order valence-electron chi connectivity index (χ0n) is 40.9. The van der Waals surface area contributed by atoms with E-state index in [2.05, 4.69) is 81.5 Å². The van der Waals surface area contributed by atoms with Crippen LogP contribution in [0.3, 0.4) is 0 Å². The highest BCUT2D eigenvalue weighted by atomic mass is 16.6. The predicted molar refractivity (Wildman–Crippen MR) is 265 cm³/mol. The molecule has 0 amide bonds. The maximum Gasteiger partial charge on any atom is 0.306 e. The molecule has 0 N–H and O–H groups in total. The Morgan fingerprint density at radius 2 is 0.581 bits per heavy atom. The first-order valence-corrected chi connectivity index (χ1v) is 26.3. The van der Waals surface area contributed by atoms with Crippen molar-refractivity contribution in [3.05, 3.63) is 60.8 Å². The number of hydrogen-bond donors (Lipinski definition) is 0. The summed E-state index contributed by atoms with van der Waals surface area (Å²) in [6, 6.07) is 0. The normalized spacial score (nSPS) is 12.5. The molecule has 6 heteroatoms. The molecule has 0 bridgehead atoms. The molecule has 0 aromatic carbocycles. The Bertz CT molecular complexity index is 1130. The number of ether oxygens (including phenoxy) is 3. The second-order valence-corrected chi connectivity index (χ2v) is 17.4. The van der Waals surface area contributed by atoms with Crippen LogP contribution in [0.25, 0.3) is 0 Å². The molecule has 1 atom stereocenters. The minimum Gasteiger partial charge on any atom is -0.462 e. The fourth-order valence-corrected chi connectivity index (χ4v) is 7.24. The SMILES string of the molecule is CCCCC/C=C\C/C=C\C/C=C\C/C=C\CCCCCC(=O)OC[C@@H](COC(=O)CCCCCCCCCCCC)OC(=O)CCCCCCC/C=C\CCCCCCCC. The van der Waals surface area contributed by atoms with Gasteiger partial charge < -0.3 is 14.2 Å². The fourth-order valence-electron chi connectivity index (χ4n) is 7.24. The van der Waals surface area contributed by atoms with Crippen molar-refractivity contribution in [2.45, 2.75) is 264 Å². The first-order valence-electron chi connectivity index (χ1n) is 26.3. The maximum atomic E-state index is 12.8. The van der Waals surface area contributed by atoms with E-state index in [0.717, 1.165) is 96.3 Å². The van der Waals surface area contributed by atoms with Gasteiger partial charge in [-0.05, 0) is 89.9 Å². The standard InChI is InChI=1S/C56H98O6/c1-4-7-10-13-16-19-22-24-26-27-28-29-31-32-34-37-40-43-46-49-55(58)61-52-53(51-60-54(57)48-45-42-39-36-21-18-15-12-9-6-3)62-56(59)50-47-44-41-38-35-33-30-25-23-20-17-14-11-8-5-2/h16,19,24-26,28-30,32,34,53H,4-15,17-18,20-23,27,31,33,35-52H2,1-3H3/b19-16-,26-24-,29-28-,30-25-,34-32-/t53-/m1/s1. The number of unbranched alkanes of at least 4 members (excludes halogenated alkanes) is 26. The third kappa shape index (κ3) is 48.1. The first-order chi connectivity index (χ1) is 30.5. The monoisotopic (exact) mass is 867 g/mol. The van der Waals surface area contributed by atoms with Crippen LogP contribution in [-0.4, -0.2) is 37.2 Å². The van der Waals surface area contributed by atoms with Gasteiger partial charge in [-0.3, -0.25) is 14.4 Å². The molecular formula is C56H98O6. The summed E-state index contributed by atoms with van der Waals surface area (Å²) in [6.07, 6.45) is 62.0. The summed E-state index contributed by atoms with van der Waals surface area (Å²) in [6.45, 7) is 6.56. The van der Waals surface area contributed by atoms with Gasteiger partial charge in [0.05, 0.1) is 0 Å². The molecule has 6 nitrogen and oxygen atoms in total. The second-order valence-electron chi connectivity index (χ2n) is 17.4. The molecule has 0 aromatic heterocycles. The Hall–Kier alpha value is -2.89. The molecule has 0 saturated heterocycles. The van der Waals surface area contributed by atoms with E-state index in [-0.39, 0.29) is 31.1 Å². The van der Waals surface area contributed by atoms with Crippen molar-refractivity contribution < 1.29 is 28.6 Å². The average molecular weight is 867 g/mol. The number of hydrogen-bond acceptors (Lipinski definition) is 6. The van der Waals surface area contributed by atoms with Crippen molar-refractivity contribution in [3.8, 4) is 0 Å². The number of allylic oxidation sites excluding steroid dienone is 10. The van der Waals surface area contributed by atoms with Gasteiger partial charge in [0.25, 0.3) is 0 Å². The Morgan fingerprint density at radius 1 is 0.323 bits per heavy atom. The third-order valence-corrected chi connectivity index (χ3v) is 11.2. The molecule has 358 valence electrons. The highest BCUT2D eigenvalue weighted by Crippen LogP contribution is 2.14. The lowest BCUT2D eigenvalue weighted by molar-refractivity contribution is -0.167. The maximum absolute atomic E-state index is 12.8. The number of carbonyl (C=O) groups excluding carboxylic acids is 3. The summed E-state index contributed by atoms with van der Waals surface area (Å²) in [4.78, 5) is 37.9. The molecule has 0 rings (SSSR count). The molecule has 0 spiro atoms. The number of carbonyl (C=O) groups is 3. The minimum atomic E-state index is -0.788. The van der Waals surface area contributed by atoms with E-state index >= 15 is 0 Å². The van der Waals surface area contributed by atoms with E-state index in [0.29, 0.717) is 19.3 Å². The van der Waals surface area contributed by atoms with Gasteiger partial charge in [-0.25, -0.2) is 0 Å². The van der Waals surface area contributed by atoms with Crippen molar-refractivity contribution in [1.29, 1.82) is 0 Å².